The molecule has 0 saturated carbocycles. The van der Waals surface area contributed by atoms with Crippen molar-refractivity contribution in [2.24, 2.45) is 0 Å². The van der Waals surface area contributed by atoms with E-state index in [1.165, 1.54) is 0 Å². The lowest BCUT2D eigenvalue weighted by atomic mass is 10.2. The normalized spacial score (nSPS) is 10.3. The Labute approximate surface area is 158 Å². The number of nitrogens with zero attached hydrogens (tertiary/aromatic N) is 3. The van der Waals surface area contributed by atoms with Gasteiger partial charge in [-0.25, -0.2) is 15.0 Å². The molecule has 0 aliphatic carbocycles. The molecule has 3 rings (SSSR count). The molecule has 3 N–H and O–H groups in total. The fraction of sp³-hybridized carbons (Fsp3) is 0.200. The Hall–Kier alpha value is -3.48. The van der Waals surface area contributed by atoms with Crippen LogP contribution >= 0.6 is 0 Å². The van der Waals surface area contributed by atoms with Crippen molar-refractivity contribution < 1.29 is 4.79 Å². The van der Waals surface area contributed by atoms with Gasteiger partial charge in [-0.2, -0.15) is 0 Å². The van der Waals surface area contributed by atoms with E-state index in [1.807, 2.05) is 63.2 Å². The van der Waals surface area contributed by atoms with Gasteiger partial charge in [-0.3, -0.25) is 4.79 Å². The van der Waals surface area contributed by atoms with Gasteiger partial charge in [0.15, 0.2) is 0 Å². The minimum absolute atomic E-state index is 0.0115. The first-order chi connectivity index (χ1) is 13.0. The molecule has 0 bridgehead atoms. The number of hydrogen-bond donors (Lipinski definition) is 3. The zero-order valence-corrected chi connectivity index (χ0v) is 15.6. The molecule has 7 nitrogen and oxygen atoms in total. The Morgan fingerprint density at radius 3 is 2.22 bits per heavy atom. The number of pyridine rings is 1. The molecular weight excluding hydrogens is 340 g/mol. The molecule has 1 amide bonds. The van der Waals surface area contributed by atoms with Crippen LogP contribution in [0.5, 0.6) is 0 Å². The van der Waals surface area contributed by atoms with Gasteiger partial charge in [0.2, 0.25) is 5.91 Å². The van der Waals surface area contributed by atoms with Crippen molar-refractivity contribution in [2.45, 2.75) is 27.2 Å². The third-order valence-corrected chi connectivity index (χ3v) is 3.77. The monoisotopic (exact) mass is 362 g/mol. The van der Waals surface area contributed by atoms with Crippen molar-refractivity contribution in [3.63, 3.8) is 0 Å². The third-order valence-electron chi connectivity index (χ3n) is 3.77. The number of carbonyl (C=O) groups excluding carboxylic acids is 1. The summed E-state index contributed by atoms with van der Waals surface area (Å²) >= 11 is 0. The average Bonchev–Trinajstić information content (AvgIpc) is 2.63. The summed E-state index contributed by atoms with van der Waals surface area (Å²) in [5.74, 6) is 2.69. The second-order valence-corrected chi connectivity index (χ2v) is 6.13. The number of carbonyl (C=O) groups is 1. The Morgan fingerprint density at radius 1 is 0.889 bits per heavy atom. The molecule has 0 radical (unpaired) electrons. The predicted octanol–water partition coefficient (Wildman–Crippen LogP) is 4.32. The maximum Gasteiger partial charge on any atom is 0.224 e. The number of rotatable bonds is 6. The maximum absolute atomic E-state index is 11.4. The number of benzene rings is 1. The molecular formula is C20H22N6O. The van der Waals surface area contributed by atoms with Gasteiger partial charge in [0.05, 0.1) is 0 Å². The lowest BCUT2D eigenvalue weighted by Crippen LogP contribution is -2.09. The van der Waals surface area contributed by atoms with E-state index < -0.39 is 0 Å². The summed E-state index contributed by atoms with van der Waals surface area (Å²) in [6.07, 6.45) is 2.20. The fourth-order valence-electron chi connectivity index (χ4n) is 2.47. The topological polar surface area (TPSA) is 91.8 Å². The summed E-state index contributed by atoms with van der Waals surface area (Å²) in [5, 5.41) is 9.28. The van der Waals surface area contributed by atoms with Gasteiger partial charge in [0.1, 0.15) is 23.3 Å². The van der Waals surface area contributed by atoms with Crippen LogP contribution in [0.2, 0.25) is 0 Å². The maximum atomic E-state index is 11.4. The van der Waals surface area contributed by atoms with Crippen LogP contribution in [0.1, 0.15) is 24.7 Å². The Morgan fingerprint density at radius 2 is 1.56 bits per heavy atom. The van der Waals surface area contributed by atoms with Crippen molar-refractivity contribution in [2.75, 3.05) is 16.0 Å². The smallest absolute Gasteiger partial charge is 0.224 e. The first-order valence-electron chi connectivity index (χ1n) is 8.74. The van der Waals surface area contributed by atoms with Crippen LogP contribution in [0.3, 0.4) is 0 Å². The number of hydrogen-bond acceptors (Lipinski definition) is 6. The van der Waals surface area contributed by atoms with Crippen LogP contribution in [0.15, 0.2) is 48.7 Å². The summed E-state index contributed by atoms with van der Waals surface area (Å²) in [7, 11) is 0. The quantitative estimate of drug-likeness (QED) is 0.605. The summed E-state index contributed by atoms with van der Waals surface area (Å²) in [4.78, 5) is 24.6. The molecule has 2 aromatic heterocycles. The fourth-order valence-corrected chi connectivity index (χ4v) is 2.47. The summed E-state index contributed by atoms with van der Waals surface area (Å²) < 4.78 is 0. The van der Waals surface area contributed by atoms with Crippen LogP contribution in [-0.4, -0.2) is 20.9 Å². The highest BCUT2D eigenvalue weighted by Crippen LogP contribution is 2.21. The minimum atomic E-state index is -0.0115. The second kappa shape index (κ2) is 8.27. The first kappa shape index (κ1) is 18.3. The standard InChI is InChI=1S/C20H22N6O/c1-4-20(27)25-16-7-5-15(6-8-16)24-18-12-19(23-14(3)22-18)26-17-11-13(2)9-10-21-17/h5-12H,4H2,1-3H3,(H,25,27)(H2,21,22,23,24,26). The summed E-state index contributed by atoms with van der Waals surface area (Å²) in [5.41, 5.74) is 2.74. The molecule has 0 aliphatic heterocycles. The molecule has 2 heterocycles. The molecule has 0 atom stereocenters. The molecule has 7 heteroatoms. The number of anilines is 5. The van der Waals surface area contributed by atoms with Gasteiger partial charge < -0.3 is 16.0 Å². The highest BCUT2D eigenvalue weighted by Gasteiger charge is 2.05. The molecule has 27 heavy (non-hydrogen) atoms. The number of amides is 1. The van der Waals surface area contributed by atoms with Gasteiger partial charge in [-0.15, -0.1) is 0 Å². The average molecular weight is 362 g/mol. The highest BCUT2D eigenvalue weighted by molar-refractivity contribution is 5.90. The van der Waals surface area contributed by atoms with Gasteiger partial charge >= 0.3 is 0 Å². The van der Waals surface area contributed by atoms with E-state index in [-0.39, 0.29) is 5.91 Å². The molecule has 0 spiro atoms. The molecule has 0 unspecified atom stereocenters. The molecule has 1 aromatic carbocycles. The van der Waals surface area contributed by atoms with E-state index in [4.69, 9.17) is 0 Å². The SMILES string of the molecule is CCC(=O)Nc1ccc(Nc2cc(Nc3cc(C)ccn3)nc(C)n2)cc1. The van der Waals surface area contributed by atoms with Gasteiger partial charge in [-0.1, -0.05) is 6.92 Å². The zero-order valence-electron chi connectivity index (χ0n) is 15.6. The Balaban J connectivity index is 1.73. The Bertz CT molecular complexity index is 939. The predicted molar refractivity (Wildman–Crippen MR) is 108 cm³/mol. The van der Waals surface area contributed by atoms with Crippen molar-refractivity contribution in [1.82, 2.24) is 15.0 Å². The number of aryl methyl sites for hydroxylation is 2. The lowest BCUT2D eigenvalue weighted by Gasteiger charge is -2.11. The largest absolute Gasteiger partial charge is 0.340 e. The summed E-state index contributed by atoms with van der Waals surface area (Å²) in [6.45, 7) is 5.67. The zero-order chi connectivity index (χ0) is 19.2. The van der Waals surface area contributed by atoms with Crippen LogP contribution in [0.25, 0.3) is 0 Å². The highest BCUT2D eigenvalue weighted by atomic mass is 16.1. The van der Waals surface area contributed by atoms with E-state index in [0.29, 0.717) is 23.9 Å². The summed E-state index contributed by atoms with van der Waals surface area (Å²) in [6, 6.07) is 13.2. The molecule has 0 fully saturated rings. The van der Waals surface area contributed by atoms with Gasteiger partial charge in [0, 0.05) is 30.1 Å². The van der Waals surface area contributed by atoms with Crippen LogP contribution in [0.4, 0.5) is 28.8 Å². The Kier molecular flexibility index (Phi) is 5.61. The van der Waals surface area contributed by atoms with Crippen molar-refractivity contribution in [3.8, 4) is 0 Å². The van der Waals surface area contributed by atoms with Crippen LogP contribution in [-0.2, 0) is 4.79 Å². The molecule has 0 saturated heterocycles. The van der Waals surface area contributed by atoms with Crippen molar-refractivity contribution in [1.29, 1.82) is 0 Å². The molecule has 0 aliphatic rings. The van der Waals surface area contributed by atoms with E-state index in [0.717, 1.165) is 22.8 Å². The molecule has 3 aromatic rings. The van der Waals surface area contributed by atoms with E-state index >= 15 is 0 Å². The van der Waals surface area contributed by atoms with E-state index in [2.05, 4.69) is 30.9 Å². The van der Waals surface area contributed by atoms with E-state index in [1.54, 1.807) is 6.20 Å². The lowest BCUT2D eigenvalue weighted by molar-refractivity contribution is -0.115. The van der Waals surface area contributed by atoms with Gasteiger partial charge in [0.25, 0.3) is 0 Å². The minimum Gasteiger partial charge on any atom is -0.340 e. The third kappa shape index (κ3) is 5.24. The van der Waals surface area contributed by atoms with Crippen LogP contribution in [0, 0.1) is 13.8 Å². The van der Waals surface area contributed by atoms with Gasteiger partial charge in [-0.05, 0) is 55.8 Å². The first-order valence-corrected chi connectivity index (χ1v) is 8.74. The van der Waals surface area contributed by atoms with Crippen molar-refractivity contribution in [3.05, 3.63) is 60.0 Å². The van der Waals surface area contributed by atoms with E-state index in [9.17, 15) is 4.79 Å². The number of aromatic nitrogens is 3. The molecule has 138 valence electrons. The number of nitrogens with one attached hydrogen (secondary N) is 3. The van der Waals surface area contributed by atoms with Crippen molar-refractivity contribution >= 4 is 34.7 Å². The second-order valence-electron chi connectivity index (χ2n) is 6.13. The van der Waals surface area contributed by atoms with Crippen LogP contribution < -0.4 is 16.0 Å².